The first kappa shape index (κ1) is 16.7. The Bertz CT molecular complexity index is 525. The molecule has 0 spiro atoms. The number of carboxylic acids is 1. The molecule has 1 unspecified atom stereocenters. The SMILES string of the molecule is CCC(C)N(CC(=O)O)C(=O)c1ccc(NC(C)=O)cc1. The third kappa shape index (κ3) is 4.91. The highest BCUT2D eigenvalue weighted by molar-refractivity contribution is 5.97. The first-order valence-electron chi connectivity index (χ1n) is 6.75. The quantitative estimate of drug-likeness (QED) is 0.839. The second-order valence-electron chi connectivity index (χ2n) is 4.84. The van der Waals surface area contributed by atoms with Crippen molar-refractivity contribution in [2.45, 2.75) is 33.2 Å². The van der Waals surface area contributed by atoms with E-state index in [1.165, 1.54) is 11.8 Å². The molecule has 0 fully saturated rings. The van der Waals surface area contributed by atoms with Crippen LogP contribution >= 0.6 is 0 Å². The minimum absolute atomic E-state index is 0.163. The van der Waals surface area contributed by atoms with Crippen molar-refractivity contribution in [2.24, 2.45) is 0 Å². The number of carboxylic acid groups (broad SMARTS) is 1. The number of nitrogens with zero attached hydrogens (tertiary/aromatic N) is 1. The van der Waals surface area contributed by atoms with Gasteiger partial charge in [0.05, 0.1) is 0 Å². The first-order valence-corrected chi connectivity index (χ1v) is 6.75. The minimum atomic E-state index is -1.04. The fourth-order valence-corrected chi connectivity index (χ4v) is 1.86. The molecule has 0 bridgehead atoms. The zero-order valence-corrected chi connectivity index (χ0v) is 12.4. The molecule has 1 atom stereocenters. The van der Waals surface area contributed by atoms with Crippen molar-refractivity contribution in [3.05, 3.63) is 29.8 Å². The molecule has 114 valence electrons. The van der Waals surface area contributed by atoms with Crippen LogP contribution in [0.1, 0.15) is 37.6 Å². The summed E-state index contributed by atoms with van der Waals surface area (Å²) in [5.74, 6) is -1.57. The van der Waals surface area contributed by atoms with E-state index >= 15 is 0 Å². The molecule has 0 heterocycles. The molecule has 0 aliphatic heterocycles. The van der Waals surface area contributed by atoms with Crippen LogP contribution in [0.2, 0.25) is 0 Å². The Morgan fingerprint density at radius 3 is 2.24 bits per heavy atom. The van der Waals surface area contributed by atoms with Gasteiger partial charge < -0.3 is 15.3 Å². The monoisotopic (exact) mass is 292 g/mol. The summed E-state index contributed by atoms with van der Waals surface area (Å²) in [4.78, 5) is 35.6. The van der Waals surface area contributed by atoms with Gasteiger partial charge in [0.15, 0.2) is 0 Å². The van der Waals surface area contributed by atoms with Crippen LogP contribution < -0.4 is 5.32 Å². The molecule has 0 saturated carbocycles. The van der Waals surface area contributed by atoms with Crippen molar-refractivity contribution in [3.63, 3.8) is 0 Å². The van der Waals surface area contributed by atoms with Gasteiger partial charge in [0.1, 0.15) is 6.54 Å². The molecule has 6 heteroatoms. The van der Waals surface area contributed by atoms with Gasteiger partial charge in [0, 0.05) is 24.2 Å². The second-order valence-corrected chi connectivity index (χ2v) is 4.84. The van der Waals surface area contributed by atoms with Gasteiger partial charge in [-0.1, -0.05) is 6.92 Å². The molecule has 0 radical (unpaired) electrons. The predicted octanol–water partition coefficient (Wildman–Crippen LogP) is 1.97. The maximum atomic E-state index is 12.4. The van der Waals surface area contributed by atoms with Crippen LogP contribution in [0.4, 0.5) is 5.69 Å². The Morgan fingerprint density at radius 1 is 1.24 bits per heavy atom. The van der Waals surface area contributed by atoms with E-state index < -0.39 is 5.97 Å². The van der Waals surface area contributed by atoms with Crippen molar-refractivity contribution in [1.29, 1.82) is 0 Å². The topological polar surface area (TPSA) is 86.7 Å². The summed E-state index contributed by atoms with van der Waals surface area (Å²) in [6.45, 7) is 4.77. The molecule has 21 heavy (non-hydrogen) atoms. The summed E-state index contributed by atoms with van der Waals surface area (Å²) in [7, 11) is 0. The standard InChI is InChI=1S/C15H20N2O4/c1-4-10(2)17(9-14(19)20)15(21)12-5-7-13(8-6-12)16-11(3)18/h5-8,10H,4,9H2,1-3H3,(H,16,18)(H,19,20). The van der Waals surface area contributed by atoms with Crippen LogP contribution in [0.3, 0.4) is 0 Å². The van der Waals surface area contributed by atoms with E-state index in [-0.39, 0.29) is 24.4 Å². The molecule has 2 N–H and O–H groups in total. The number of hydrogen-bond acceptors (Lipinski definition) is 3. The smallest absolute Gasteiger partial charge is 0.323 e. The minimum Gasteiger partial charge on any atom is -0.480 e. The first-order chi connectivity index (χ1) is 9.85. The highest BCUT2D eigenvalue weighted by Crippen LogP contribution is 2.14. The van der Waals surface area contributed by atoms with E-state index in [0.717, 1.165) is 0 Å². The van der Waals surface area contributed by atoms with Crippen molar-refractivity contribution in [2.75, 3.05) is 11.9 Å². The van der Waals surface area contributed by atoms with E-state index in [2.05, 4.69) is 5.32 Å². The van der Waals surface area contributed by atoms with Gasteiger partial charge in [-0.15, -0.1) is 0 Å². The van der Waals surface area contributed by atoms with Crippen LogP contribution in [0, 0.1) is 0 Å². The van der Waals surface area contributed by atoms with Crippen LogP contribution in [-0.2, 0) is 9.59 Å². The Labute approximate surface area is 123 Å². The highest BCUT2D eigenvalue weighted by atomic mass is 16.4. The number of carbonyl (C=O) groups is 3. The third-order valence-electron chi connectivity index (χ3n) is 3.14. The fraction of sp³-hybridized carbons (Fsp3) is 0.400. The van der Waals surface area contributed by atoms with Gasteiger partial charge in [-0.25, -0.2) is 0 Å². The highest BCUT2D eigenvalue weighted by Gasteiger charge is 2.22. The Kier molecular flexibility index (Phi) is 5.90. The molecular formula is C15H20N2O4. The molecule has 1 aromatic carbocycles. The van der Waals surface area contributed by atoms with E-state index in [1.807, 2.05) is 13.8 Å². The van der Waals surface area contributed by atoms with Gasteiger partial charge in [-0.2, -0.15) is 0 Å². The van der Waals surface area contributed by atoms with E-state index in [9.17, 15) is 14.4 Å². The maximum Gasteiger partial charge on any atom is 0.323 e. The molecule has 6 nitrogen and oxygen atoms in total. The molecule has 0 aromatic heterocycles. The maximum absolute atomic E-state index is 12.4. The lowest BCUT2D eigenvalue weighted by Crippen LogP contribution is -2.41. The number of carbonyl (C=O) groups excluding carboxylic acids is 2. The van der Waals surface area contributed by atoms with E-state index in [4.69, 9.17) is 5.11 Å². The molecule has 1 rings (SSSR count). The molecule has 0 saturated heterocycles. The van der Waals surface area contributed by atoms with Crippen LogP contribution in [0.25, 0.3) is 0 Å². The second kappa shape index (κ2) is 7.42. The number of nitrogens with one attached hydrogen (secondary N) is 1. The number of anilines is 1. The Balaban J connectivity index is 2.92. The summed E-state index contributed by atoms with van der Waals surface area (Å²) in [6.07, 6.45) is 0.670. The molecule has 0 aliphatic carbocycles. The van der Waals surface area contributed by atoms with Gasteiger partial charge in [0.25, 0.3) is 5.91 Å². The molecular weight excluding hydrogens is 272 g/mol. The number of amides is 2. The van der Waals surface area contributed by atoms with Crippen molar-refractivity contribution in [1.82, 2.24) is 4.90 Å². The molecule has 2 amide bonds. The lowest BCUT2D eigenvalue weighted by molar-refractivity contribution is -0.138. The average molecular weight is 292 g/mol. The Hall–Kier alpha value is -2.37. The van der Waals surface area contributed by atoms with Gasteiger partial charge in [-0.3, -0.25) is 14.4 Å². The van der Waals surface area contributed by atoms with Crippen LogP contribution in [0.5, 0.6) is 0 Å². The third-order valence-corrected chi connectivity index (χ3v) is 3.14. The predicted molar refractivity (Wildman–Crippen MR) is 79.2 cm³/mol. The average Bonchev–Trinajstić information content (AvgIpc) is 2.43. The van der Waals surface area contributed by atoms with Crippen molar-refractivity contribution < 1.29 is 19.5 Å². The van der Waals surface area contributed by atoms with Crippen molar-refractivity contribution >= 4 is 23.5 Å². The summed E-state index contributed by atoms with van der Waals surface area (Å²) < 4.78 is 0. The summed E-state index contributed by atoms with van der Waals surface area (Å²) in [5, 5.41) is 11.5. The van der Waals surface area contributed by atoms with Crippen molar-refractivity contribution in [3.8, 4) is 0 Å². The number of aliphatic carboxylic acids is 1. The van der Waals surface area contributed by atoms with Gasteiger partial charge in [-0.05, 0) is 37.6 Å². The fourth-order valence-electron chi connectivity index (χ4n) is 1.86. The van der Waals surface area contributed by atoms with Crippen LogP contribution in [-0.4, -0.2) is 40.4 Å². The summed E-state index contributed by atoms with van der Waals surface area (Å²) >= 11 is 0. The van der Waals surface area contributed by atoms with Gasteiger partial charge in [0.2, 0.25) is 5.91 Å². The largest absolute Gasteiger partial charge is 0.480 e. The Morgan fingerprint density at radius 2 is 1.81 bits per heavy atom. The molecule has 0 aliphatic rings. The number of hydrogen-bond donors (Lipinski definition) is 2. The zero-order chi connectivity index (χ0) is 16.0. The summed E-state index contributed by atoms with van der Waals surface area (Å²) in [6, 6.07) is 6.22. The van der Waals surface area contributed by atoms with E-state index in [0.29, 0.717) is 17.7 Å². The molecule has 1 aromatic rings. The lowest BCUT2D eigenvalue weighted by atomic mass is 10.1. The van der Waals surface area contributed by atoms with Gasteiger partial charge >= 0.3 is 5.97 Å². The number of rotatable bonds is 6. The van der Waals surface area contributed by atoms with Crippen LogP contribution in [0.15, 0.2) is 24.3 Å². The summed E-state index contributed by atoms with van der Waals surface area (Å²) in [5.41, 5.74) is 0.984. The lowest BCUT2D eigenvalue weighted by Gasteiger charge is -2.27. The zero-order valence-electron chi connectivity index (χ0n) is 12.4. The van der Waals surface area contributed by atoms with E-state index in [1.54, 1.807) is 24.3 Å². The normalized spacial score (nSPS) is 11.6. The number of benzene rings is 1.